The van der Waals surface area contributed by atoms with Crippen molar-refractivity contribution < 1.29 is 4.74 Å². The van der Waals surface area contributed by atoms with Gasteiger partial charge in [-0.25, -0.2) is 0 Å². The van der Waals surface area contributed by atoms with Crippen molar-refractivity contribution in [3.8, 4) is 5.75 Å². The van der Waals surface area contributed by atoms with Gasteiger partial charge in [0.05, 0.1) is 0 Å². The zero-order chi connectivity index (χ0) is 14.5. The summed E-state index contributed by atoms with van der Waals surface area (Å²) >= 11 is 0. The van der Waals surface area contributed by atoms with Crippen molar-refractivity contribution in [1.82, 2.24) is 0 Å². The average Bonchev–Trinajstić information content (AvgIpc) is 2.51. The molecule has 2 heteroatoms. The number of hydrogen-bond acceptors (Lipinski definition) is 2. The molecule has 2 nitrogen and oxygen atoms in total. The van der Waals surface area contributed by atoms with Gasteiger partial charge in [0.25, 0.3) is 0 Å². The topological polar surface area (TPSA) is 21.3 Å². The highest BCUT2D eigenvalue weighted by Crippen LogP contribution is 2.20. The molecule has 0 unspecified atom stereocenters. The Morgan fingerprint density at radius 2 is 1.71 bits per heavy atom. The van der Waals surface area contributed by atoms with Crippen LogP contribution in [0, 0.1) is 6.92 Å². The lowest BCUT2D eigenvalue weighted by Crippen LogP contribution is -2.11. The summed E-state index contributed by atoms with van der Waals surface area (Å²) in [6.45, 7) is 3.53. The highest BCUT2D eigenvalue weighted by atomic mass is 16.5. The van der Waals surface area contributed by atoms with Crippen LogP contribution < -0.4 is 10.1 Å². The highest BCUT2D eigenvalue weighted by molar-refractivity contribution is 5.83. The first kappa shape index (κ1) is 13.5. The first-order valence-electron chi connectivity index (χ1n) is 7.23. The van der Waals surface area contributed by atoms with Gasteiger partial charge in [-0.05, 0) is 47.5 Å². The van der Waals surface area contributed by atoms with Gasteiger partial charge in [-0.2, -0.15) is 0 Å². The Bertz CT molecular complexity index is 736. The molecule has 106 valence electrons. The van der Waals surface area contributed by atoms with Gasteiger partial charge < -0.3 is 10.1 Å². The van der Waals surface area contributed by atoms with Gasteiger partial charge in [0, 0.05) is 12.2 Å². The molecular formula is C19H19NO. The van der Waals surface area contributed by atoms with E-state index in [0.717, 1.165) is 18.0 Å². The summed E-state index contributed by atoms with van der Waals surface area (Å²) in [6, 6.07) is 22.9. The third-order valence-corrected chi connectivity index (χ3v) is 3.44. The number of ether oxygens (including phenoxy) is 1. The standard InChI is InChI=1S/C19H19NO/c1-15-5-4-8-18(13-15)20-11-12-21-19-10-9-16-6-2-3-7-17(16)14-19/h2-10,13-14,20H,11-12H2,1H3. The summed E-state index contributed by atoms with van der Waals surface area (Å²) in [6.07, 6.45) is 0. The van der Waals surface area contributed by atoms with Gasteiger partial charge >= 0.3 is 0 Å². The van der Waals surface area contributed by atoms with Crippen molar-refractivity contribution in [2.24, 2.45) is 0 Å². The molecule has 1 N–H and O–H groups in total. The minimum atomic E-state index is 0.645. The van der Waals surface area contributed by atoms with Crippen LogP contribution in [-0.2, 0) is 0 Å². The Labute approximate surface area is 125 Å². The molecule has 0 heterocycles. The monoisotopic (exact) mass is 277 g/mol. The SMILES string of the molecule is Cc1cccc(NCCOc2ccc3ccccc3c2)c1. The van der Waals surface area contributed by atoms with Crippen LogP contribution in [0.5, 0.6) is 5.75 Å². The fraction of sp³-hybridized carbons (Fsp3) is 0.158. The Hall–Kier alpha value is -2.48. The lowest BCUT2D eigenvalue weighted by Gasteiger charge is -2.09. The summed E-state index contributed by atoms with van der Waals surface area (Å²) in [5.41, 5.74) is 2.40. The molecule has 0 amide bonds. The molecule has 0 saturated heterocycles. The van der Waals surface area contributed by atoms with Crippen molar-refractivity contribution in [3.05, 3.63) is 72.3 Å². The van der Waals surface area contributed by atoms with E-state index in [4.69, 9.17) is 4.74 Å². The molecule has 0 aliphatic heterocycles. The smallest absolute Gasteiger partial charge is 0.120 e. The van der Waals surface area contributed by atoms with Gasteiger partial charge in [0.15, 0.2) is 0 Å². The third-order valence-electron chi connectivity index (χ3n) is 3.44. The Balaban J connectivity index is 1.54. The first-order valence-corrected chi connectivity index (χ1v) is 7.23. The van der Waals surface area contributed by atoms with Crippen molar-refractivity contribution in [1.29, 1.82) is 0 Å². The molecule has 0 atom stereocenters. The number of fused-ring (bicyclic) bond motifs is 1. The predicted molar refractivity (Wildman–Crippen MR) is 89.1 cm³/mol. The average molecular weight is 277 g/mol. The second-order valence-electron chi connectivity index (χ2n) is 5.15. The maximum Gasteiger partial charge on any atom is 0.120 e. The van der Waals surface area contributed by atoms with E-state index in [1.807, 2.05) is 12.1 Å². The van der Waals surface area contributed by atoms with Crippen LogP contribution in [0.4, 0.5) is 5.69 Å². The Morgan fingerprint density at radius 3 is 2.57 bits per heavy atom. The molecule has 3 aromatic rings. The molecule has 0 saturated carbocycles. The largest absolute Gasteiger partial charge is 0.492 e. The van der Waals surface area contributed by atoms with Crippen LogP contribution >= 0.6 is 0 Å². The van der Waals surface area contributed by atoms with E-state index in [-0.39, 0.29) is 0 Å². The van der Waals surface area contributed by atoms with Crippen molar-refractivity contribution in [2.45, 2.75) is 6.92 Å². The molecule has 0 bridgehead atoms. The van der Waals surface area contributed by atoms with Gasteiger partial charge in [-0.1, -0.05) is 42.5 Å². The quantitative estimate of drug-likeness (QED) is 0.686. The normalized spacial score (nSPS) is 10.5. The molecule has 0 fully saturated rings. The molecule has 0 radical (unpaired) electrons. The molecule has 3 rings (SSSR count). The maximum absolute atomic E-state index is 5.80. The van der Waals surface area contributed by atoms with Crippen molar-refractivity contribution in [3.63, 3.8) is 0 Å². The van der Waals surface area contributed by atoms with E-state index in [9.17, 15) is 0 Å². The minimum absolute atomic E-state index is 0.645. The summed E-state index contributed by atoms with van der Waals surface area (Å²) in [7, 11) is 0. The molecule has 0 aliphatic rings. The zero-order valence-electron chi connectivity index (χ0n) is 12.2. The summed E-state index contributed by atoms with van der Waals surface area (Å²) in [4.78, 5) is 0. The number of rotatable bonds is 5. The van der Waals surface area contributed by atoms with E-state index in [1.54, 1.807) is 0 Å². The fourth-order valence-electron chi connectivity index (χ4n) is 2.38. The van der Waals surface area contributed by atoms with Crippen LogP contribution in [0.15, 0.2) is 66.7 Å². The predicted octanol–water partition coefficient (Wildman–Crippen LogP) is 4.64. The number of benzene rings is 3. The number of nitrogens with one attached hydrogen (secondary N) is 1. The number of aryl methyl sites for hydroxylation is 1. The van der Waals surface area contributed by atoms with E-state index >= 15 is 0 Å². The first-order chi connectivity index (χ1) is 10.3. The van der Waals surface area contributed by atoms with E-state index < -0.39 is 0 Å². The van der Waals surface area contributed by atoms with Crippen LogP contribution in [0.2, 0.25) is 0 Å². The third kappa shape index (κ3) is 3.54. The van der Waals surface area contributed by atoms with Crippen LogP contribution in [0.1, 0.15) is 5.56 Å². The number of anilines is 1. The summed E-state index contributed by atoms with van der Waals surface area (Å²) in [5, 5.41) is 5.82. The second kappa shape index (κ2) is 6.31. The van der Waals surface area contributed by atoms with Crippen molar-refractivity contribution in [2.75, 3.05) is 18.5 Å². The van der Waals surface area contributed by atoms with Crippen LogP contribution in [0.3, 0.4) is 0 Å². The van der Waals surface area contributed by atoms with Gasteiger partial charge in [-0.3, -0.25) is 0 Å². The molecule has 0 aliphatic carbocycles. The van der Waals surface area contributed by atoms with Gasteiger partial charge in [0.2, 0.25) is 0 Å². The minimum Gasteiger partial charge on any atom is -0.492 e. The highest BCUT2D eigenvalue weighted by Gasteiger charge is 1.97. The van der Waals surface area contributed by atoms with Gasteiger partial charge in [-0.15, -0.1) is 0 Å². The molecule has 0 spiro atoms. The maximum atomic E-state index is 5.80. The Kier molecular flexibility index (Phi) is 4.06. The lowest BCUT2D eigenvalue weighted by molar-refractivity contribution is 0.333. The van der Waals surface area contributed by atoms with Gasteiger partial charge in [0.1, 0.15) is 12.4 Å². The van der Waals surface area contributed by atoms with E-state index in [0.29, 0.717) is 6.61 Å². The molecule has 21 heavy (non-hydrogen) atoms. The summed E-state index contributed by atoms with van der Waals surface area (Å²) < 4.78 is 5.80. The summed E-state index contributed by atoms with van der Waals surface area (Å²) in [5.74, 6) is 0.916. The molecule has 3 aromatic carbocycles. The molecule has 0 aromatic heterocycles. The van der Waals surface area contributed by atoms with Crippen LogP contribution in [0.25, 0.3) is 10.8 Å². The lowest BCUT2D eigenvalue weighted by atomic mass is 10.1. The van der Waals surface area contributed by atoms with Crippen molar-refractivity contribution >= 4 is 16.5 Å². The zero-order valence-corrected chi connectivity index (χ0v) is 12.2. The number of hydrogen-bond donors (Lipinski definition) is 1. The van der Waals surface area contributed by atoms with E-state index in [1.165, 1.54) is 16.3 Å². The fourth-order valence-corrected chi connectivity index (χ4v) is 2.38. The Morgan fingerprint density at radius 1 is 0.857 bits per heavy atom. The van der Waals surface area contributed by atoms with Crippen LogP contribution in [-0.4, -0.2) is 13.2 Å². The second-order valence-corrected chi connectivity index (χ2v) is 5.15. The van der Waals surface area contributed by atoms with E-state index in [2.05, 4.69) is 66.8 Å². The molecular weight excluding hydrogens is 258 g/mol.